The topological polar surface area (TPSA) is 0 Å². The first kappa shape index (κ1) is 14.0. The van der Waals surface area contributed by atoms with Crippen LogP contribution in [-0.2, 0) is 5.75 Å². The Morgan fingerprint density at radius 1 is 0.727 bits per heavy atom. The van der Waals surface area contributed by atoms with Crippen molar-refractivity contribution in [3.63, 3.8) is 0 Å². The van der Waals surface area contributed by atoms with Crippen LogP contribution < -0.4 is 0 Å². The molecule has 0 spiro atoms. The van der Waals surface area contributed by atoms with Crippen LogP contribution in [-0.4, -0.2) is 6.26 Å². The van der Waals surface area contributed by atoms with Crippen molar-refractivity contribution in [2.45, 2.75) is 10.6 Å². The van der Waals surface area contributed by atoms with Gasteiger partial charge in [-0.25, -0.2) is 0 Å². The van der Waals surface area contributed by atoms with Gasteiger partial charge in [0, 0.05) is 10.6 Å². The van der Waals surface area contributed by atoms with Crippen LogP contribution in [0.25, 0.3) is 32.3 Å². The van der Waals surface area contributed by atoms with Gasteiger partial charge >= 0.3 is 0 Å². The van der Waals surface area contributed by atoms with E-state index in [2.05, 4.69) is 79.5 Å². The van der Waals surface area contributed by atoms with Crippen molar-refractivity contribution in [3.05, 3.63) is 66.2 Å². The molecule has 0 heterocycles. The molecule has 108 valence electrons. The molecule has 0 unspecified atom stereocenters. The average molecular weight is 320 g/mol. The van der Waals surface area contributed by atoms with Crippen molar-refractivity contribution < 1.29 is 0 Å². The van der Waals surface area contributed by atoms with E-state index in [0.29, 0.717) is 0 Å². The Hall–Kier alpha value is -1.64. The molecule has 0 N–H and O–H groups in total. The Bertz CT molecular complexity index is 919. The molecule has 0 bridgehead atoms. The summed E-state index contributed by atoms with van der Waals surface area (Å²) in [4.78, 5) is 1.31. The summed E-state index contributed by atoms with van der Waals surface area (Å²) in [6.45, 7) is 0. The predicted molar refractivity (Wildman–Crippen MR) is 103 cm³/mol. The van der Waals surface area contributed by atoms with E-state index in [0.717, 1.165) is 5.75 Å². The minimum absolute atomic E-state index is 0.781. The first-order valence-electron chi connectivity index (χ1n) is 7.33. The standard InChI is InChI=1S/C20H16S2/c1-22-16-5-9-18-15(11-16)4-8-19-17-6-2-13(12-21)10-14(17)3-7-20(18)19/h2-11,21H,12H2,1H3. The summed E-state index contributed by atoms with van der Waals surface area (Å²) in [6.07, 6.45) is 2.12. The van der Waals surface area contributed by atoms with Gasteiger partial charge in [0.05, 0.1) is 0 Å². The maximum atomic E-state index is 4.37. The minimum atomic E-state index is 0.781. The average Bonchev–Trinajstić information content (AvgIpc) is 2.59. The molecule has 0 nitrogen and oxygen atoms in total. The second-order valence-electron chi connectivity index (χ2n) is 5.53. The van der Waals surface area contributed by atoms with Gasteiger partial charge in [0.15, 0.2) is 0 Å². The molecule has 4 rings (SSSR count). The predicted octanol–water partition coefficient (Wildman–Crippen LogP) is 6.30. The number of thiol groups is 1. The lowest BCUT2D eigenvalue weighted by molar-refractivity contribution is 1.46. The quantitative estimate of drug-likeness (QED) is 0.257. The molecule has 22 heavy (non-hydrogen) atoms. The minimum Gasteiger partial charge on any atom is -0.175 e. The van der Waals surface area contributed by atoms with E-state index < -0.39 is 0 Å². The molecular weight excluding hydrogens is 304 g/mol. The van der Waals surface area contributed by atoms with Crippen molar-refractivity contribution in [1.82, 2.24) is 0 Å². The summed E-state index contributed by atoms with van der Waals surface area (Å²) in [5.74, 6) is 0.781. The van der Waals surface area contributed by atoms with Gasteiger partial charge in [-0.1, -0.05) is 48.5 Å². The monoisotopic (exact) mass is 320 g/mol. The van der Waals surface area contributed by atoms with E-state index in [4.69, 9.17) is 0 Å². The molecule has 0 radical (unpaired) electrons. The van der Waals surface area contributed by atoms with Gasteiger partial charge in [0.1, 0.15) is 0 Å². The van der Waals surface area contributed by atoms with Gasteiger partial charge in [-0.05, 0) is 56.3 Å². The van der Waals surface area contributed by atoms with Crippen LogP contribution in [0.1, 0.15) is 5.56 Å². The normalized spacial score (nSPS) is 11.5. The van der Waals surface area contributed by atoms with Crippen LogP contribution >= 0.6 is 24.4 Å². The van der Waals surface area contributed by atoms with Crippen LogP contribution in [0.3, 0.4) is 0 Å². The summed E-state index contributed by atoms with van der Waals surface area (Å²) in [5, 5.41) is 7.91. The Morgan fingerprint density at radius 2 is 1.32 bits per heavy atom. The Morgan fingerprint density at radius 3 is 1.95 bits per heavy atom. The van der Waals surface area contributed by atoms with Gasteiger partial charge in [-0.15, -0.1) is 11.8 Å². The zero-order valence-electron chi connectivity index (χ0n) is 12.3. The second kappa shape index (κ2) is 5.53. The van der Waals surface area contributed by atoms with E-state index in [9.17, 15) is 0 Å². The zero-order valence-corrected chi connectivity index (χ0v) is 14.0. The highest BCUT2D eigenvalue weighted by molar-refractivity contribution is 7.98. The Kier molecular flexibility index (Phi) is 3.51. The summed E-state index contributed by atoms with van der Waals surface area (Å²) in [5.41, 5.74) is 1.26. The molecule has 0 saturated carbocycles. The fourth-order valence-corrected chi connectivity index (χ4v) is 3.79. The molecular formula is C20H16S2. The highest BCUT2D eigenvalue weighted by atomic mass is 32.2. The number of benzene rings is 4. The van der Waals surface area contributed by atoms with Gasteiger partial charge in [-0.2, -0.15) is 12.6 Å². The van der Waals surface area contributed by atoms with E-state index in [-0.39, 0.29) is 0 Å². The van der Waals surface area contributed by atoms with Crippen molar-refractivity contribution >= 4 is 56.7 Å². The molecule has 0 aliphatic rings. The molecule has 0 fully saturated rings. The number of fused-ring (bicyclic) bond motifs is 5. The van der Waals surface area contributed by atoms with Gasteiger partial charge in [0.25, 0.3) is 0 Å². The van der Waals surface area contributed by atoms with Crippen molar-refractivity contribution in [2.24, 2.45) is 0 Å². The summed E-state index contributed by atoms with van der Waals surface area (Å²) >= 11 is 6.16. The molecule has 4 aromatic carbocycles. The Balaban J connectivity index is 2.08. The molecule has 0 atom stereocenters. The SMILES string of the molecule is CSc1ccc2c(ccc3c4ccc(CS)cc4ccc23)c1. The lowest BCUT2D eigenvalue weighted by Gasteiger charge is -2.09. The van der Waals surface area contributed by atoms with Crippen LogP contribution in [0.4, 0.5) is 0 Å². The number of thioether (sulfide) groups is 1. The second-order valence-corrected chi connectivity index (χ2v) is 6.72. The van der Waals surface area contributed by atoms with E-state index in [1.807, 2.05) is 0 Å². The first-order chi connectivity index (χ1) is 10.8. The molecule has 0 aliphatic heterocycles. The number of hydrogen-bond donors (Lipinski definition) is 1. The largest absolute Gasteiger partial charge is 0.175 e. The van der Waals surface area contributed by atoms with Crippen LogP contribution in [0.15, 0.2) is 65.6 Å². The third kappa shape index (κ3) is 2.18. The molecule has 4 aromatic rings. The van der Waals surface area contributed by atoms with Gasteiger partial charge in [-0.3, -0.25) is 0 Å². The van der Waals surface area contributed by atoms with Crippen molar-refractivity contribution in [1.29, 1.82) is 0 Å². The lowest BCUT2D eigenvalue weighted by atomic mass is 9.96. The summed E-state index contributed by atoms with van der Waals surface area (Å²) < 4.78 is 0. The van der Waals surface area contributed by atoms with Gasteiger partial charge < -0.3 is 0 Å². The van der Waals surface area contributed by atoms with Crippen molar-refractivity contribution in [3.8, 4) is 0 Å². The van der Waals surface area contributed by atoms with E-state index in [1.165, 1.54) is 42.8 Å². The van der Waals surface area contributed by atoms with Crippen LogP contribution in [0.5, 0.6) is 0 Å². The zero-order chi connectivity index (χ0) is 15.1. The fourth-order valence-electron chi connectivity index (χ4n) is 3.14. The smallest absolute Gasteiger partial charge is 0.0154 e. The van der Waals surface area contributed by atoms with E-state index >= 15 is 0 Å². The molecule has 0 amide bonds. The first-order valence-corrected chi connectivity index (χ1v) is 9.19. The maximum Gasteiger partial charge on any atom is 0.0154 e. The number of rotatable bonds is 2. The third-order valence-corrected chi connectivity index (χ3v) is 5.38. The van der Waals surface area contributed by atoms with Crippen molar-refractivity contribution in [2.75, 3.05) is 6.26 Å². The fraction of sp³-hybridized carbons (Fsp3) is 0.100. The molecule has 0 aromatic heterocycles. The lowest BCUT2D eigenvalue weighted by Crippen LogP contribution is -1.83. The summed E-state index contributed by atoms with van der Waals surface area (Å²) in [6, 6.07) is 22.3. The highest BCUT2D eigenvalue weighted by Crippen LogP contribution is 2.33. The summed E-state index contributed by atoms with van der Waals surface area (Å²) in [7, 11) is 0. The maximum absolute atomic E-state index is 4.37. The highest BCUT2D eigenvalue weighted by Gasteiger charge is 2.05. The van der Waals surface area contributed by atoms with E-state index in [1.54, 1.807) is 11.8 Å². The Labute approximate surface area is 139 Å². The molecule has 0 saturated heterocycles. The van der Waals surface area contributed by atoms with Crippen LogP contribution in [0, 0.1) is 0 Å². The van der Waals surface area contributed by atoms with Gasteiger partial charge in [0.2, 0.25) is 0 Å². The third-order valence-electron chi connectivity index (χ3n) is 4.29. The number of hydrogen-bond acceptors (Lipinski definition) is 2. The van der Waals surface area contributed by atoms with Crippen LogP contribution in [0.2, 0.25) is 0 Å². The molecule has 2 heteroatoms. The molecule has 0 aliphatic carbocycles.